The Morgan fingerprint density at radius 3 is 2.42 bits per heavy atom. The molecule has 0 bridgehead atoms. The Morgan fingerprint density at radius 2 is 1.68 bits per heavy atom. The number of hydrogen-bond acceptors (Lipinski definition) is 2. The molecule has 0 saturated heterocycles. The Balaban J connectivity index is 1.57. The molecule has 0 saturated carbocycles. The minimum absolute atomic E-state index is 0.256. The van der Waals surface area contributed by atoms with E-state index in [0.29, 0.717) is 12.2 Å². The lowest BCUT2D eigenvalue weighted by Crippen LogP contribution is -1.97. The van der Waals surface area contributed by atoms with Gasteiger partial charge < -0.3 is 4.74 Å². The van der Waals surface area contributed by atoms with E-state index in [1.54, 1.807) is 6.07 Å². The van der Waals surface area contributed by atoms with Crippen LogP contribution in [-0.2, 0) is 0 Å². The quantitative estimate of drug-likeness (QED) is 0.230. The molecule has 1 unspecified atom stereocenters. The van der Waals surface area contributed by atoms with Crippen LogP contribution in [0.15, 0.2) is 66.7 Å². The normalized spacial score (nSPS) is 11.1. The van der Waals surface area contributed by atoms with E-state index in [4.69, 9.17) is 9.72 Å². The first-order valence-electron chi connectivity index (χ1n) is 10.7. The van der Waals surface area contributed by atoms with E-state index < -0.39 is 0 Å². The van der Waals surface area contributed by atoms with Gasteiger partial charge in [-0.3, -0.25) is 0 Å². The fraction of sp³-hybridized carbons (Fsp3) is 0.222. The number of fused-ring (bicyclic) bond motifs is 1. The van der Waals surface area contributed by atoms with Crippen LogP contribution in [0.2, 0.25) is 0 Å². The monoisotopic (exact) mass is 431 g/mol. The molecule has 0 spiro atoms. The van der Waals surface area contributed by atoms with Crippen molar-refractivity contribution in [1.82, 2.24) is 4.98 Å². The van der Waals surface area contributed by atoms with Crippen molar-refractivity contribution in [2.75, 3.05) is 6.61 Å². The average molecular weight is 431 g/mol. The summed E-state index contributed by atoms with van der Waals surface area (Å²) in [6.45, 7) is 4.95. The maximum absolute atomic E-state index is 15.0. The summed E-state index contributed by atoms with van der Waals surface area (Å²) in [5.41, 5.74) is 5.01. The zero-order valence-electron chi connectivity index (χ0n) is 18.0. The lowest BCUT2D eigenvalue weighted by atomic mass is 10.0. The second-order valence-electron chi connectivity index (χ2n) is 7.88. The highest BCUT2D eigenvalue weighted by molar-refractivity contribution is 7.27. The standard InChI is InChI=1S/C27H27FNOP/c1-3-4-5-14-30-21-9-6-19(7-10-21)23-12-8-20(16-25(23)28)27-15-18(2)24-17-22(31)11-13-26(24)29-27/h6-13,15-17H,3-5,14,31H2,1-2H3. The van der Waals surface area contributed by atoms with E-state index in [1.165, 1.54) is 12.8 Å². The Kier molecular flexibility index (Phi) is 6.63. The second-order valence-corrected chi connectivity index (χ2v) is 8.54. The molecule has 0 aliphatic heterocycles. The van der Waals surface area contributed by atoms with Gasteiger partial charge in [-0.25, -0.2) is 9.37 Å². The predicted molar refractivity (Wildman–Crippen MR) is 132 cm³/mol. The van der Waals surface area contributed by atoms with Crippen LogP contribution in [0.5, 0.6) is 5.75 Å². The smallest absolute Gasteiger partial charge is 0.131 e. The highest BCUT2D eigenvalue weighted by atomic mass is 31.0. The molecule has 0 aliphatic rings. The van der Waals surface area contributed by atoms with Crippen LogP contribution in [0.1, 0.15) is 31.7 Å². The van der Waals surface area contributed by atoms with Gasteiger partial charge in [-0.2, -0.15) is 0 Å². The Hall–Kier alpha value is -2.77. The third-order valence-corrected chi connectivity index (χ3v) is 5.85. The third-order valence-electron chi connectivity index (χ3n) is 5.49. The van der Waals surface area contributed by atoms with Crippen LogP contribution >= 0.6 is 9.24 Å². The van der Waals surface area contributed by atoms with Gasteiger partial charge in [0.15, 0.2) is 0 Å². The van der Waals surface area contributed by atoms with Crippen LogP contribution in [0.3, 0.4) is 0 Å². The summed E-state index contributed by atoms with van der Waals surface area (Å²) in [6, 6.07) is 21.1. The van der Waals surface area contributed by atoms with Gasteiger partial charge in [0, 0.05) is 16.5 Å². The molecule has 4 rings (SSSR count). The molecule has 2 nitrogen and oxygen atoms in total. The van der Waals surface area contributed by atoms with Gasteiger partial charge in [-0.15, -0.1) is 9.24 Å². The molecule has 1 aromatic heterocycles. The number of halogens is 1. The molecule has 0 amide bonds. The van der Waals surface area contributed by atoms with E-state index in [2.05, 4.69) is 29.2 Å². The summed E-state index contributed by atoms with van der Waals surface area (Å²) in [5, 5.41) is 2.24. The minimum Gasteiger partial charge on any atom is -0.494 e. The number of rotatable bonds is 7. The van der Waals surface area contributed by atoms with Crippen molar-refractivity contribution in [3.63, 3.8) is 0 Å². The number of unbranched alkanes of at least 4 members (excludes halogenated alkanes) is 2. The van der Waals surface area contributed by atoms with E-state index in [9.17, 15) is 0 Å². The van der Waals surface area contributed by atoms with Gasteiger partial charge in [-0.05, 0) is 66.2 Å². The SMILES string of the molecule is CCCCCOc1ccc(-c2ccc(-c3cc(C)c4cc(P)ccc4n3)cc2F)cc1. The molecule has 3 aromatic carbocycles. The van der Waals surface area contributed by atoms with Crippen LogP contribution in [0, 0.1) is 12.7 Å². The van der Waals surface area contributed by atoms with Gasteiger partial charge in [-0.1, -0.05) is 50.1 Å². The fourth-order valence-electron chi connectivity index (χ4n) is 3.74. The summed E-state index contributed by atoms with van der Waals surface area (Å²) in [7, 11) is 2.71. The first kappa shape index (κ1) is 21.5. The first-order chi connectivity index (χ1) is 15.0. The number of ether oxygens (including phenoxy) is 1. The van der Waals surface area contributed by atoms with Crippen molar-refractivity contribution >= 4 is 25.4 Å². The van der Waals surface area contributed by atoms with E-state index in [-0.39, 0.29) is 5.82 Å². The van der Waals surface area contributed by atoms with E-state index in [0.717, 1.165) is 50.8 Å². The van der Waals surface area contributed by atoms with Crippen LogP contribution in [-0.4, -0.2) is 11.6 Å². The predicted octanol–water partition coefficient (Wildman–Crippen LogP) is 7.09. The second kappa shape index (κ2) is 9.58. The summed E-state index contributed by atoms with van der Waals surface area (Å²) in [4.78, 5) is 4.75. The summed E-state index contributed by atoms with van der Waals surface area (Å²) in [5.74, 6) is 0.565. The number of benzene rings is 3. The molecular formula is C27H27FNOP. The molecule has 158 valence electrons. The number of aromatic nitrogens is 1. The highest BCUT2D eigenvalue weighted by Gasteiger charge is 2.10. The molecule has 4 aromatic rings. The zero-order chi connectivity index (χ0) is 21.8. The van der Waals surface area contributed by atoms with Gasteiger partial charge >= 0.3 is 0 Å². The summed E-state index contributed by atoms with van der Waals surface area (Å²) in [6.07, 6.45) is 3.39. The zero-order valence-corrected chi connectivity index (χ0v) is 19.1. The molecule has 1 atom stereocenters. The number of hydrogen-bond donors (Lipinski definition) is 0. The van der Waals surface area contributed by atoms with Crippen LogP contribution in [0.4, 0.5) is 4.39 Å². The highest BCUT2D eigenvalue weighted by Crippen LogP contribution is 2.30. The minimum atomic E-state index is -0.256. The lowest BCUT2D eigenvalue weighted by molar-refractivity contribution is 0.306. The van der Waals surface area contributed by atoms with Gasteiger partial charge in [0.05, 0.1) is 17.8 Å². The average Bonchev–Trinajstić information content (AvgIpc) is 2.77. The lowest BCUT2D eigenvalue weighted by Gasteiger charge is -2.10. The van der Waals surface area contributed by atoms with Gasteiger partial charge in [0.2, 0.25) is 0 Å². The number of nitrogens with zero attached hydrogens (tertiary/aromatic N) is 1. The van der Waals surface area contributed by atoms with Crippen LogP contribution < -0.4 is 10.0 Å². The first-order valence-corrected chi connectivity index (χ1v) is 11.3. The summed E-state index contributed by atoms with van der Waals surface area (Å²) >= 11 is 0. The van der Waals surface area contributed by atoms with Crippen molar-refractivity contribution in [1.29, 1.82) is 0 Å². The number of aryl methyl sites for hydroxylation is 1. The molecular weight excluding hydrogens is 404 g/mol. The molecule has 0 fully saturated rings. The largest absolute Gasteiger partial charge is 0.494 e. The van der Waals surface area contributed by atoms with E-state index in [1.807, 2.05) is 54.6 Å². The molecule has 0 radical (unpaired) electrons. The van der Waals surface area contributed by atoms with Gasteiger partial charge in [0.25, 0.3) is 0 Å². The third kappa shape index (κ3) is 4.94. The van der Waals surface area contributed by atoms with Crippen molar-refractivity contribution in [2.24, 2.45) is 0 Å². The van der Waals surface area contributed by atoms with Crippen molar-refractivity contribution < 1.29 is 9.13 Å². The van der Waals surface area contributed by atoms with E-state index >= 15 is 4.39 Å². The molecule has 31 heavy (non-hydrogen) atoms. The van der Waals surface area contributed by atoms with Crippen LogP contribution in [0.25, 0.3) is 33.3 Å². The molecule has 4 heteroatoms. The molecule has 0 aliphatic carbocycles. The van der Waals surface area contributed by atoms with Crippen molar-refractivity contribution in [2.45, 2.75) is 33.1 Å². The maximum atomic E-state index is 15.0. The molecule has 1 heterocycles. The fourth-order valence-corrected chi connectivity index (χ4v) is 4.00. The van der Waals surface area contributed by atoms with Crippen molar-refractivity contribution in [3.05, 3.63) is 78.1 Å². The summed E-state index contributed by atoms with van der Waals surface area (Å²) < 4.78 is 20.8. The van der Waals surface area contributed by atoms with Gasteiger partial charge in [0.1, 0.15) is 11.6 Å². The number of pyridine rings is 1. The van der Waals surface area contributed by atoms with Crippen molar-refractivity contribution in [3.8, 4) is 28.1 Å². The topological polar surface area (TPSA) is 22.1 Å². The maximum Gasteiger partial charge on any atom is 0.131 e. The molecule has 0 N–H and O–H groups in total. The Labute approximate surface area is 185 Å². The Morgan fingerprint density at radius 1 is 0.903 bits per heavy atom. The Bertz CT molecular complexity index is 1200.